The van der Waals surface area contributed by atoms with Crippen molar-refractivity contribution in [3.05, 3.63) is 65.2 Å². The predicted molar refractivity (Wildman–Crippen MR) is 93.5 cm³/mol. The van der Waals surface area contributed by atoms with E-state index < -0.39 is 34.2 Å². The Morgan fingerprint density at radius 1 is 1.04 bits per heavy atom. The first-order valence-corrected chi connectivity index (χ1v) is 9.44. The van der Waals surface area contributed by atoms with Crippen molar-refractivity contribution in [2.45, 2.75) is 11.8 Å². The quantitative estimate of drug-likeness (QED) is 0.794. The Labute approximate surface area is 150 Å². The molecule has 2 aromatic rings. The summed E-state index contributed by atoms with van der Waals surface area (Å²) in [7, 11) is -3.49. The lowest BCUT2D eigenvalue weighted by Gasteiger charge is -2.09. The number of amides is 2. The molecule has 0 saturated heterocycles. The van der Waals surface area contributed by atoms with Gasteiger partial charge in [0.2, 0.25) is 0 Å². The molecule has 2 aromatic carbocycles. The van der Waals surface area contributed by atoms with E-state index in [1.54, 1.807) is 25.1 Å². The topological polar surface area (TPSA) is 107 Å². The fourth-order valence-corrected chi connectivity index (χ4v) is 2.73. The fraction of sp³-hybridized carbons (Fsp3) is 0.167. The lowest BCUT2D eigenvalue weighted by atomic mass is 10.1. The summed E-state index contributed by atoms with van der Waals surface area (Å²) in [4.78, 5) is 35.7. The molecule has 0 aliphatic carbocycles. The van der Waals surface area contributed by atoms with Gasteiger partial charge in [-0.05, 0) is 36.8 Å². The SMILES string of the molecule is Cc1ccc(S(C)(=O)=O)cc1C(=O)OCC(=O)NC(=O)c1ccccc1. The molecule has 0 unspecified atom stereocenters. The molecule has 26 heavy (non-hydrogen) atoms. The van der Waals surface area contributed by atoms with Crippen LogP contribution >= 0.6 is 0 Å². The van der Waals surface area contributed by atoms with Gasteiger partial charge in [0.1, 0.15) is 0 Å². The van der Waals surface area contributed by atoms with E-state index in [0.29, 0.717) is 11.1 Å². The third-order valence-corrected chi connectivity index (χ3v) is 4.59. The van der Waals surface area contributed by atoms with Gasteiger partial charge >= 0.3 is 5.97 Å². The van der Waals surface area contributed by atoms with Gasteiger partial charge in [0.15, 0.2) is 16.4 Å². The first-order chi connectivity index (χ1) is 12.2. The number of ether oxygens (including phenoxy) is 1. The molecule has 0 radical (unpaired) electrons. The molecular formula is C18H17NO6S. The molecule has 2 amide bonds. The Balaban J connectivity index is 2.00. The molecule has 8 heteroatoms. The van der Waals surface area contributed by atoms with Crippen LogP contribution in [0.25, 0.3) is 0 Å². The number of sulfone groups is 1. The third-order valence-electron chi connectivity index (χ3n) is 3.48. The van der Waals surface area contributed by atoms with Gasteiger partial charge in [-0.1, -0.05) is 24.3 Å². The van der Waals surface area contributed by atoms with Gasteiger partial charge in [-0.3, -0.25) is 14.9 Å². The van der Waals surface area contributed by atoms with Gasteiger partial charge < -0.3 is 4.74 Å². The van der Waals surface area contributed by atoms with Crippen LogP contribution in [0.3, 0.4) is 0 Å². The zero-order valence-electron chi connectivity index (χ0n) is 14.2. The molecule has 0 saturated carbocycles. The largest absolute Gasteiger partial charge is 0.452 e. The van der Waals surface area contributed by atoms with Crippen LogP contribution in [0.15, 0.2) is 53.4 Å². The van der Waals surface area contributed by atoms with Crippen molar-refractivity contribution in [1.82, 2.24) is 5.32 Å². The normalized spacial score (nSPS) is 10.8. The predicted octanol–water partition coefficient (Wildman–Crippen LogP) is 1.51. The molecule has 0 spiro atoms. The fourth-order valence-electron chi connectivity index (χ4n) is 2.08. The van der Waals surface area contributed by atoms with Crippen molar-refractivity contribution >= 4 is 27.6 Å². The first kappa shape index (κ1) is 19.3. The van der Waals surface area contributed by atoms with Crippen LogP contribution < -0.4 is 5.32 Å². The van der Waals surface area contributed by atoms with Gasteiger partial charge in [-0.2, -0.15) is 0 Å². The molecule has 0 fully saturated rings. The minimum absolute atomic E-state index is 0.0289. The minimum atomic E-state index is -3.49. The average molecular weight is 375 g/mol. The number of imide groups is 1. The molecule has 0 heterocycles. The van der Waals surface area contributed by atoms with Crippen molar-refractivity contribution < 1.29 is 27.5 Å². The first-order valence-electron chi connectivity index (χ1n) is 7.55. The Morgan fingerprint density at radius 2 is 1.69 bits per heavy atom. The minimum Gasteiger partial charge on any atom is -0.452 e. The molecule has 0 aliphatic heterocycles. The number of hydrogen-bond donors (Lipinski definition) is 1. The van der Waals surface area contributed by atoms with Crippen molar-refractivity contribution in [3.8, 4) is 0 Å². The van der Waals surface area contributed by atoms with Crippen LogP contribution in [0.4, 0.5) is 0 Å². The molecule has 1 N–H and O–H groups in total. The summed E-state index contributed by atoms with van der Waals surface area (Å²) in [6.45, 7) is 0.946. The monoisotopic (exact) mass is 375 g/mol. The second kappa shape index (κ2) is 7.92. The number of benzene rings is 2. The van der Waals surface area contributed by atoms with E-state index in [-0.39, 0.29) is 10.5 Å². The smallest absolute Gasteiger partial charge is 0.338 e. The zero-order chi connectivity index (χ0) is 19.3. The Morgan fingerprint density at radius 3 is 2.31 bits per heavy atom. The number of nitrogens with one attached hydrogen (secondary N) is 1. The highest BCUT2D eigenvalue weighted by molar-refractivity contribution is 7.90. The van der Waals surface area contributed by atoms with Crippen LogP contribution in [0, 0.1) is 6.92 Å². The number of carbonyl (C=O) groups is 3. The Hall–Kier alpha value is -3.00. The molecule has 7 nitrogen and oxygen atoms in total. The second-order valence-electron chi connectivity index (χ2n) is 5.57. The molecule has 0 aliphatic rings. The average Bonchev–Trinajstić information content (AvgIpc) is 2.59. The highest BCUT2D eigenvalue weighted by atomic mass is 32.2. The number of carbonyl (C=O) groups excluding carboxylic acids is 3. The lowest BCUT2D eigenvalue weighted by molar-refractivity contribution is -0.123. The van der Waals surface area contributed by atoms with E-state index >= 15 is 0 Å². The van der Waals surface area contributed by atoms with Crippen LogP contribution in [-0.2, 0) is 19.4 Å². The summed E-state index contributed by atoms with van der Waals surface area (Å²) in [5.74, 6) is -2.25. The number of rotatable bonds is 5. The molecule has 0 aromatic heterocycles. The Kier molecular flexibility index (Phi) is 5.89. The summed E-state index contributed by atoms with van der Waals surface area (Å²) >= 11 is 0. The summed E-state index contributed by atoms with van der Waals surface area (Å²) in [5.41, 5.74) is 0.835. The molecule has 0 atom stereocenters. The van der Waals surface area contributed by atoms with Crippen LogP contribution in [0.1, 0.15) is 26.3 Å². The van der Waals surface area contributed by atoms with Crippen molar-refractivity contribution in [2.24, 2.45) is 0 Å². The van der Waals surface area contributed by atoms with Gasteiger partial charge in [-0.15, -0.1) is 0 Å². The lowest BCUT2D eigenvalue weighted by Crippen LogP contribution is -2.34. The molecule has 0 bridgehead atoms. The van der Waals surface area contributed by atoms with E-state index in [9.17, 15) is 22.8 Å². The van der Waals surface area contributed by atoms with Crippen molar-refractivity contribution in [3.63, 3.8) is 0 Å². The van der Waals surface area contributed by atoms with Crippen LogP contribution in [0.5, 0.6) is 0 Å². The van der Waals surface area contributed by atoms with E-state index in [4.69, 9.17) is 4.74 Å². The van der Waals surface area contributed by atoms with Gasteiger partial charge in [0.05, 0.1) is 10.5 Å². The van der Waals surface area contributed by atoms with Gasteiger partial charge in [-0.25, -0.2) is 13.2 Å². The maximum absolute atomic E-state index is 12.1. The summed E-state index contributed by atoms with van der Waals surface area (Å²) < 4.78 is 28.1. The van der Waals surface area contributed by atoms with E-state index in [1.165, 1.54) is 30.3 Å². The maximum Gasteiger partial charge on any atom is 0.338 e. The third kappa shape index (κ3) is 5.00. The Bertz CT molecular complexity index is 951. The highest BCUT2D eigenvalue weighted by Crippen LogP contribution is 2.16. The standard InChI is InChI=1S/C18H17NO6S/c1-12-8-9-14(26(2,23)24)10-15(12)18(22)25-11-16(20)19-17(21)13-6-4-3-5-7-13/h3-10H,11H2,1-2H3,(H,19,20,21). The second-order valence-corrected chi connectivity index (χ2v) is 7.58. The molecule has 2 rings (SSSR count). The van der Waals surface area contributed by atoms with E-state index in [2.05, 4.69) is 5.32 Å². The van der Waals surface area contributed by atoms with E-state index in [1.807, 2.05) is 0 Å². The number of esters is 1. The van der Waals surface area contributed by atoms with Crippen molar-refractivity contribution in [1.29, 1.82) is 0 Å². The maximum atomic E-state index is 12.1. The zero-order valence-corrected chi connectivity index (χ0v) is 15.0. The highest BCUT2D eigenvalue weighted by Gasteiger charge is 2.17. The number of hydrogen-bond acceptors (Lipinski definition) is 6. The van der Waals surface area contributed by atoms with E-state index in [0.717, 1.165) is 6.26 Å². The van der Waals surface area contributed by atoms with Gasteiger partial charge in [0.25, 0.3) is 11.8 Å². The van der Waals surface area contributed by atoms with Gasteiger partial charge in [0, 0.05) is 11.8 Å². The molecular weight excluding hydrogens is 358 g/mol. The van der Waals surface area contributed by atoms with Crippen molar-refractivity contribution in [2.75, 3.05) is 12.9 Å². The summed E-state index contributed by atoms with van der Waals surface area (Å²) in [5, 5.41) is 2.10. The summed E-state index contributed by atoms with van der Waals surface area (Å²) in [6.07, 6.45) is 1.02. The summed E-state index contributed by atoms with van der Waals surface area (Å²) in [6, 6.07) is 12.2. The molecule has 136 valence electrons. The van der Waals surface area contributed by atoms with Crippen LogP contribution in [0.2, 0.25) is 0 Å². The number of aryl methyl sites for hydroxylation is 1. The van der Waals surface area contributed by atoms with Crippen LogP contribution in [-0.4, -0.2) is 39.1 Å².